The second-order valence-electron chi connectivity index (χ2n) is 5.69. The number of hydrogen-bond donors (Lipinski definition) is 2. The highest BCUT2D eigenvalue weighted by Gasteiger charge is 2.33. The van der Waals surface area contributed by atoms with E-state index in [0.29, 0.717) is 0 Å². The zero-order valence-corrected chi connectivity index (χ0v) is 16.4. The van der Waals surface area contributed by atoms with Crippen molar-refractivity contribution in [1.82, 2.24) is 10.2 Å². The van der Waals surface area contributed by atoms with E-state index < -0.39 is 27.9 Å². The van der Waals surface area contributed by atoms with E-state index in [1.807, 2.05) is 5.10 Å². The summed E-state index contributed by atoms with van der Waals surface area (Å²) in [6.07, 6.45) is -4.58. The number of esters is 1. The summed E-state index contributed by atoms with van der Waals surface area (Å²) in [6, 6.07) is 9.19. The van der Waals surface area contributed by atoms with E-state index in [1.165, 1.54) is 36.4 Å². The van der Waals surface area contributed by atoms with Crippen molar-refractivity contribution >= 4 is 33.0 Å². The van der Waals surface area contributed by atoms with Gasteiger partial charge in [-0.1, -0.05) is 6.07 Å². The Morgan fingerprint density at radius 2 is 2.00 bits per heavy atom. The van der Waals surface area contributed by atoms with Crippen molar-refractivity contribution in [3.63, 3.8) is 0 Å². The molecule has 2 N–H and O–H groups in total. The number of benzene rings is 1. The quantitative estimate of drug-likeness (QED) is 0.556. The van der Waals surface area contributed by atoms with Crippen LogP contribution < -0.4 is 4.72 Å². The highest BCUT2D eigenvalue weighted by molar-refractivity contribution is 7.94. The van der Waals surface area contributed by atoms with Crippen LogP contribution in [0.4, 0.5) is 18.9 Å². The number of aromatic nitrogens is 2. The Morgan fingerprint density at radius 3 is 2.66 bits per heavy atom. The number of alkyl halides is 3. The van der Waals surface area contributed by atoms with Crippen LogP contribution in [0.2, 0.25) is 0 Å². The number of thiophene rings is 1. The van der Waals surface area contributed by atoms with Gasteiger partial charge in [-0.05, 0) is 43.3 Å². The molecular formula is C17H14F3N3O4S2. The van der Waals surface area contributed by atoms with Crippen LogP contribution in [-0.4, -0.2) is 31.2 Å². The molecule has 0 bridgehead atoms. The molecular weight excluding hydrogens is 431 g/mol. The Kier molecular flexibility index (Phi) is 5.66. The van der Waals surface area contributed by atoms with Crippen LogP contribution in [-0.2, 0) is 20.9 Å². The molecule has 0 radical (unpaired) electrons. The fraction of sp³-hybridized carbons (Fsp3) is 0.176. The minimum Gasteiger partial charge on any atom is -0.462 e. The Labute approximate surface area is 167 Å². The third-order valence-corrected chi connectivity index (χ3v) is 6.59. The fourth-order valence-electron chi connectivity index (χ4n) is 2.32. The summed E-state index contributed by atoms with van der Waals surface area (Å²) in [5, 5.41) is 5.46. The monoisotopic (exact) mass is 445 g/mol. The van der Waals surface area contributed by atoms with Crippen LogP contribution in [0.25, 0.3) is 10.6 Å². The van der Waals surface area contributed by atoms with Crippen molar-refractivity contribution in [3.8, 4) is 10.6 Å². The molecule has 29 heavy (non-hydrogen) atoms. The first-order valence-corrected chi connectivity index (χ1v) is 10.4. The number of aromatic amines is 1. The SMILES string of the molecule is CCOC(=O)c1cccc(NS(=O)(=O)c2ccc(-c3cc(C(F)(F)F)[nH]n3)s2)c1. The number of anilines is 1. The van der Waals surface area contributed by atoms with E-state index in [-0.39, 0.29) is 32.6 Å². The number of carbonyl (C=O) groups is 1. The predicted octanol–water partition coefficient (Wildman–Crippen LogP) is 4.13. The molecule has 154 valence electrons. The molecule has 7 nitrogen and oxygen atoms in total. The maximum Gasteiger partial charge on any atom is 0.432 e. The molecule has 0 aliphatic rings. The van der Waals surface area contributed by atoms with Gasteiger partial charge in [0.1, 0.15) is 15.6 Å². The van der Waals surface area contributed by atoms with Crippen LogP contribution in [0.5, 0.6) is 0 Å². The predicted molar refractivity (Wildman–Crippen MR) is 100 cm³/mol. The average Bonchev–Trinajstić information content (AvgIpc) is 3.31. The second-order valence-corrected chi connectivity index (χ2v) is 8.68. The van der Waals surface area contributed by atoms with Gasteiger partial charge in [0.25, 0.3) is 10.0 Å². The van der Waals surface area contributed by atoms with Crippen LogP contribution in [0, 0.1) is 0 Å². The number of hydrogen-bond acceptors (Lipinski definition) is 6. The maximum absolute atomic E-state index is 12.7. The van der Waals surface area contributed by atoms with E-state index in [9.17, 15) is 26.4 Å². The Bertz CT molecular complexity index is 1140. The Hall–Kier alpha value is -2.86. The molecule has 0 aliphatic carbocycles. The van der Waals surface area contributed by atoms with E-state index >= 15 is 0 Å². The minimum atomic E-state index is -4.58. The third kappa shape index (κ3) is 4.77. The first kappa shape index (κ1) is 20.9. The van der Waals surface area contributed by atoms with E-state index in [2.05, 4.69) is 9.82 Å². The van der Waals surface area contributed by atoms with Gasteiger partial charge >= 0.3 is 12.1 Å². The molecule has 1 aromatic carbocycles. The van der Waals surface area contributed by atoms with Gasteiger partial charge in [0, 0.05) is 5.69 Å². The minimum absolute atomic E-state index is 0.0203. The standard InChI is InChI=1S/C17H14F3N3O4S2/c1-2-27-16(24)10-4-3-5-11(8-10)23-29(25,26)15-7-6-13(28-15)12-9-14(22-21-12)17(18,19)20/h3-9,23H,2H2,1H3,(H,21,22). The molecule has 3 rings (SSSR count). The number of sulfonamides is 1. The molecule has 0 atom stereocenters. The average molecular weight is 445 g/mol. The number of H-pyrrole nitrogens is 1. The first-order chi connectivity index (χ1) is 13.6. The van der Waals surface area contributed by atoms with Gasteiger partial charge in [-0.2, -0.15) is 18.3 Å². The summed E-state index contributed by atoms with van der Waals surface area (Å²) in [5.41, 5.74) is -0.730. The number of nitrogens with one attached hydrogen (secondary N) is 2. The zero-order chi connectivity index (χ0) is 21.2. The molecule has 12 heteroatoms. The number of rotatable bonds is 6. The van der Waals surface area contributed by atoms with E-state index in [0.717, 1.165) is 17.4 Å². The van der Waals surface area contributed by atoms with Crippen LogP contribution in [0.15, 0.2) is 46.7 Å². The van der Waals surface area contributed by atoms with Gasteiger partial charge in [-0.25, -0.2) is 13.2 Å². The number of carbonyl (C=O) groups excluding carboxylic acids is 1. The number of nitrogens with zero attached hydrogens (tertiary/aromatic N) is 1. The second kappa shape index (κ2) is 7.87. The van der Waals surface area contributed by atoms with Crippen molar-refractivity contribution in [2.45, 2.75) is 17.3 Å². The van der Waals surface area contributed by atoms with Gasteiger partial charge in [0.15, 0.2) is 0 Å². The smallest absolute Gasteiger partial charge is 0.432 e. The van der Waals surface area contributed by atoms with Gasteiger partial charge in [0.2, 0.25) is 0 Å². The lowest BCUT2D eigenvalue weighted by Gasteiger charge is -2.08. The molecule has 3 aromatic rings. The summed E-state index contributed by atoms with van der Waals surface area (Å²) in [6.45, 7) is 1.83. The van der Waals surface area contributed by atoms with Crippen LogP contribution >= 0.6 is 11.3 Å². The van der Waals surface area contributed by atoms with Crippen molar-refractivity contribution in [2.75, 3.05) is 11.3 Å². The van der Waals surface area contributed by atoms with Crippen LogP contribution in [0.1, 0.15) is 23.0 Å². The molecule has 0 aliphatic heterocycles. The van der Waals surface area contributed by atoms with Crippen molar-refractivity contribution in [2.24, 2.45) is 0 Å². The fourth-order valence-corrected chi connectivity index (χ4v) is 4.64. The molecule has 2 heterocycles. The molecule has 0 spiro atoms. The molecule has 0 saturated carbocycles. The summed E-state index contributed by atoms with van der Waals surface area (Å²) in [4.78, 5) is 12.0. The molecule has 2 aromatic heterocycles. The van der Waals surface area contributed by atoms with Crippen molar-refractivity contribution in [1.29, 1.82) is 0 Å². The molecule has 0 unspecified atom stereocenters. The topological polar surface area (TPSA) is 101 Å². The Balaban J connectivity index is 1.82. The highest BCUT2D eigenvalue weighted by atomic mass is 32.2. The Morgan fingerprint density at radius 1 is 1.24 bits per heavy atom. The van der Waals surface area contributed by atoms with E-state index in [1.54, 1.807) is 6.92 Å². The van der Waals surface area contributed by atoms with Crippen LogP contribution in [0.3, 0.4) is 0 Å². The molecule has 0 saturated heterocycles. The van der Waals surface area contributed by atoms with E-state index in [4.69, 9.17) is 4.74 Å². The summed E-state index contributed by atoms with van der Waals surface area (Å²) in [5.74, 6) is -0.592. The first-order valence-electron chi connectivity index (χ1n) is 8.13. The zero-order valence-electron chi connectivity index (χ0n) is 14.8. The lowest BCUT2D eigenvalue weighted by atomic mass is 10.2. The normalized spacial score (nSPS) is 12.0. The number of ether oxygens (including phenoxy) is 1. The largest absolute Gasteiger partial charge is 0.462 e. The van der Waals surface area contributed by atoms with Crippen molar-refractivity contribution in [3.05, 3.63) is 53.7 Å². The van der Waals surface area contributed by atoms with Gasteiger partial charge in [-0.15, -0.1) is 11.3 Å². The summed E-state index contributed by atoms with van der Waals surface area (Å²) >= 11 is 0.763. The summed E-state index contributed by atoms with van der Waals surface area (Å²) in [7, 11) is -4.02. The highest BCUT2D eigenvalue weighted by Crippen LogP contribution is 2.34. The molecule has 0 amide bonds. The number of halogens is 3. The maximum atomic E-state index is 12.7. The van der Waals surface area contributed by atoms with Gasteiger partial charge in [-0.3, -0.25) is 9.82 Å². The van der Waals surface area contributed by atoms with Gasteiger partial charge in [0.05, 0.1) is 17.0 Å². The summed E-state index contributed by atoms with van der Waals surface area (Å²) < 4.78 is 70.3. The van der Waals surface area contributed by atoms with Gasteiger partial charge < -0.3 is 4.74 Å². The third-order valence-electron chi connectivity index (χ3n) is 3.61. The lowest BCUT2D eigenvalue weighted by Crippen LogP contribution is -2.12. The molecule has 0 fully saturated rings. The lowest BCUT2D eigenvalue weighted by molar-refractivity contribution is -0.141. The van der Waals surface area contributed by atoms with Crippen molar-refractivity contribution < 1.29 is 31.1 Å².